The van der Waals surface area contributed by atoms with Crippen LogP contribution in [-0.2, 0) is 11.2 Å². The number of benzene rings is 2. The van der Waals surface area contributed by atoms with Crippen LogP contribution in [0.4, 0.5) is 13.6 Å². The van der Waals surface area contributed by atoms with E-state index >= 15 is 0 Å². The Labute approximate surface area is 220 Å². The molecule has 1 saturated carbocycles. The monoisotopic (exact) mass is 532 g/mol. The summed E-state index contributed by atoms with van der Waals surface area (Å²) in [7, 11) is 0. The number of nitrogens with zero attached hydrogens (tertiary/aromatic N) is 1. The van der Waals surface area contributed by atoms with E-state index in [1.807, 2.05) is 30.3 Å². The van der Waals surface area contributed by atoms with Crippen molar-refractivity contribution in [3.63, 3.8) is 0 Å². The average molecular weight is 533 g/mol. The molecule has 3 N–H and O–H groups in total. The number of ketones is 1. The van der Waals surface area contributed by atoms with E-state index in [9.17, 15) is 33.4 Å². The van der Waals surface area contributed by atoms with E-state index in [-0.39, 0.29) is 30.2 Å². The standard InChI is InChI=1S/C28H34F2N2O6/c1-4-38-23-15-21(14-22(34)24(23)19(3)33)18(2)32(13-9-8-12-20-10-6-5-7-11-20)26(37)31-27(25(35)36)16-28(29,30)17-27/h5-7,10-11,14-15,18,34H,4,8-9,12-13,16-17H2,1-3H3,(H,31,37)(H,35,36). The Morgan fingerprint density at radius 2 is 1.79 bits per heavy atom. The number of hydrogen-bond acceptors (Lipinski definition) is 5. The number of halogens is 2. The van der Waals surface area contributed by atoms with Gasteiger partial charge in [-0.05, 0) is 63.3 Å². The fraction of sp³-hybridized carbons (Fsp3) is 0.464. The van der Waals surface area contributed by atoms with Gasteiger partial charge >= 0.3 is 12.0 Å². The molecule has 2 aromatic carbocycles. The van der Waals surface area contributed by atoms with Gasteiger partial charge in [0.1, 0.15) is 17.1 Å². The van der Waals surface area contributed by atoms with Gasteiger partial charge in [0, 0.05) is 19.4 Å². The summed E-state index contributed by atoms with van der Waals surface area (Å²) in [6.07, 6.45) is 0.0679. The minimum Gasteiger partial charge on any atom is -0.507 e. The Morgan fingerprint density at radius 1 is 1.13 bits per heavy atom. The van der Waals surface area contributed by atoms with Gasteiger partial charge in [-0.3, -0.25) is 4.79 Å². The number of carbonyl (C=O) groups excluding carboxylic acids is 2. The van der Waals surface area contributed by atoms with Gasteiger partial charge in [0.2, 0.25) is 0 Å². The Balaban J connectivity index is 1.86. The van der Waals surface area contributed by atoms with Crippen LogP contribution < -0.4 is 10.1 Å². The molecule has 10 heteroatoms. The minimum absolute atomic E-state index is 0.0168. The summed E-state index contributed by atoms with van der Waals surface area (Å²) in [5.74, 6) is -5.23. The van der Waals surface area contributed by atoms with E-state index in [0.29, 0.717) is 12.0 Å². The lowest BCUT2D eigenvalue weighted by Crippen LogP contribution is -2.68. The van der Waals surface area contributed by atoms with Crippen molar-refractivity contribution in [2.45, 2.75) is 70.4 Å². The normalized spacial score (nSPS) is 16.1. The molecule has 1 unspecified atom stereocenters. The molecule has 0 radical (unpaired) electrons. The van der Waals surface area contributed by atoms with E-state index in [4.69, 9.17) is 4.74 Å². The van der Waals surface area contributed by atoms with Crippen LogP contribution in [0.3, 0.4) is 0 Å². The maximum atomic E-state index is 13.6. The molecule has 0 bridgehead atoms. The third kappa shape index (κ3) is 6.59. The molecule has 0 aliphatic heterocycles. The van der Waals surface area contributed by atoms with Gasteiger partial charge in [-0.25, -0.2) is 18.4 Å². The molecule has 0 heterocycles. The van der Waals surface area contributed by atoms with Crippen molar-refractivity contribution in [1.29, 1.82) is 0 Å². The summed E-state index contributed by atoms with van der Waals surface area (Å²) in [6, 6.07) is 11.2. The molecule has 0 saturated heterocycles. The highest BCUT2D eigenvalue weighted by Crippen LogP contribution is 2.46. The van der Waals surface area contributed by atoms with E-state index in [0.717, 1.165) is 18.4 Å². The molecule has 1 aliphatic rings. The first-order valence-electron chi connectivity index (χ1n) is 12.6. The Kier molecular flexibility index (Phi) is 8.96. The van der Waals surface area contributed by atoms with E-state index in [1.54, 1.807) is 19.9 Å². The summed E-state index contributed by atoms with van der Waals surface area (Å²) in [6.45, 7) is 5.13. The zero-order valence-electron chi connectivity index (χ0n) is 21.8. The first-order valence-corrected chi connectivity index (χ1v) is 12.6. The molecule has 38 heavy (non-hydrogen) atoms. The number of aryl methyl sites for hydroxylation is 1. The summed E-state index contributed by atoms with van der Waals surface area (Å²) in [5, 5.41) is 22.5. The number of unbranched alkanes of at least 4 members (excludes halogenated alkanes) is 1. The summed E-state index contributed by atoms with van der Waals surface area (Å²) in [5.41, 5.74) is -0.468. The first-order chi connectivity index (χ1) is 17.9. The number of Topliss-reactive ketones (excluding diaryl/α,β-unsaturated/α-hetero) is 1. The highest BCUT2D eigenvalue weighted by atomic mass is 19.3. The lowest BCUT2D eigenvalue weighted by atomic mass is 9.73. The number of nitrogens with one attached hydrogen (secondary N) is 1. The number of hydrogen-bond donors (Lipinski definition) is 3. The molecule has 1 atom stereocenters. The highest BCUT2D eigenvalue weighted by molar-refractivity contribution is 5.99. The number of carboxylic acids is 1. The molecule has 1 aliphatic carbocycles. The number of rotatable bonds is 12. The first kappa shape index (κ1) is 28.9. The van der Waals surface area contributed by atoms with Crippen molar-refractivity contribution in [2.75, 3.05) is 13.2 Å². The number of phenols is 1. The molecule has 8 nitrogen and oxygen atoms in total. The lowest BCUT2D eigenvalue weighted by molar-refractivity contribution is -0.175. The molecule has 206 valence electrons. The number of ether oxygens (including phenoxy) is 1. The molecule has 0 aromatic heterocycles. The number of aliphatic carboxylic acids is 1. The molecule has 3 rings (SSSR count). The Morgan fingerprint density at radius 3 is 2.34 bits per heavy atom. The van der Waals surface area contributed by atoms with Crippen LogP contribution in [0.2, 0.25) is 0 Å². The molecular weight excluding hydrogens is 498 g/mol. The second-order valence-corrected chi connectivity index (χ2v) is 9.74. The smallest absolute Gasteiger partial charge is 0.329 e. The number of amides is 2. The van der Waals surface area contributed by atoms with Crippen LogP contribution in [0.25, 0.3) is 0 Å². The van der Waals surface area contributed by atoms with Crippen LogP contribution in [-0.4, -0.2) is 57.5 Å². The number of carboxylic acid groups (broad SMARTS) is 1. The number of carbonyl (C=O) groups is 3. The largest absolute Gasteiger partial charge is 0.507 e. The second kappa shape index (κ2) is 11.8. The molecule has 1 fully saturated rings. The van der Waals surface area contributed by atoms with Crippen molar-refractivity contribution in [3.8, 4) is 11.5 Å². The predicted octanol–water partition coefficient (Wildman–Crippen LogP) is 5.34. The van der Waals surface area contributed by atoms with Crippen molar-refractivity contribution in [1.82, 2.24) is 10.2 Å². The van der Waals surface area contributed by atoms with Crippen LogP contribution in [0, 0.1) is 0 Å². The van der Waals surface area contributed by atoms with Gasteiger partial charge in [0.05, 0.1) is 12.6 Å². The summed E-state index contributed by atoms with van der Waals surface area (Å²) in [4.78, 5) is 38.6. The number of aromatic hydroxyl groups is 1. The van der Waals surface area contributed by atoms with Crippen molar-refractivity contribution in [2.24, 2.45) is 0 Å². The molecular formula is C28H34F2N2O6. The molecule has 2 aromatic rings. The number of phenolic OH excluding ortho intramolecular Hbond substituents is 1. The third-order valence-corrected chi connectivity index (χ3v) is 6.80. The van der Waals surface area contributed by atoms with Crippen molar-refractivity contribution >= 4 is 17.8 Å². The maximum absolute atomic E-state index is 13.6. The van der Waals surface area contributed by atoms with E-state index < -0.39 is 48.1 Å². The van der Waals surface area contributed by atoms with Gasteiger partial charge in [0.25, 0.3) is 5.92 Å². The Bertz CT molecular complexity index is 1160. The van der Waals surface area contributed by atoms with Gasteiger partial charge < -0.3 is 25.2 Å². The average Bonchev–Trinajstić information content (AvgIpc) is 2.82. The molecule has 0 spiro atoms. The zero-order chi connectivity index (χ0) is 28.1. The fourth-order valence-electron chi connectivity index (χ4n) is 4.79. The van der Waals surface area contributed by atoms with Crippen LogP contribution in [0.15, 0.2) is 42.5 Å². The fourth-order valence-corrected chi connectivity index (χ4v) is 4.79. The summed E-state index contributed by atoms with van der Waals surface area (Å²) >= 11 is 0. The number of urea groups is 1. The van der Waals surface area contributed by atoms with Crippen molar-refractivity contribution < 1.29 is 38.1 Å². The second-order valence-electron chi connectivity index (χ2n) is 9.74. The quantitative estimate of drug-likeness (QED) is 0.251. The highest BCUT2D eigenvalue weighted by Gasteiger charge is 2.62. The van der Waals surface area contributed by atoms with E-state index in [2.05, 4.69) is 5.32 Å². The minimum atomic E-state index is -3.17. The number of alkyl halides is 2. The van der Waals surface area contributed by atoms with Crippen LogP contribution in [0.5, 0.6) is 11.5 Å². The third-order valence-electron chi connectivity index (χ3n) is 6.80. The topological polar surface area (TPSA) is 116 Å². The van der Waals surface area contributed by atoms with Gasteiger partial charge in [-0.2, -0.15) is 0 Å². The SMILES string of the molecule is CCOc1cc(C(C)N(CCCCc2ccccc2)C(=O)NC2(C(=O)O)CC(F)(F)C2)cc(O)c1C(C)=O. The molecule has 2 amide bonds. The lowest BCUT2D eigenvalue weighted by Gasteiger charge is -2.45. The predicted molar refractivity (Wildman–Crippen MR) is 137 cm³/mol. The van der Waals surface area contributed by atoms with Crippen molar-refractivity contribution in [3.05, 3.63) is 59.2 Å². The zero-order valence-corrected chi connectivity index (χ0v) is 21.8. The van der Waals surface area contributed by atoms with Gasteiger partial charge in [0.15, 0.2) is 11.3 Å². The van der Waals surface area contributed by atoms with E-state index in [1.165, 1.54) is 17.9 Å². The summed E-state index contributed by atoms with van der Waals surface area (Å²) < 4.78 is 32.8. The van der Waals surface area contributed by atoms with Gasteiger partial charge in [-0.1, -0.05) is 30.3 Å². The van der Waals surface area contributed by atoms with Crippen LogP contribution >= 0.6 is 0 Å². The van der Waals surface area contributed by atoms with Crippen LogP contribution in [0.1, 0.15) is 74.0 Å². The van der Waals surface area contributed by atoms with Gasteiger partial charge in [-0.15, -0.1) is 0 Å². The Hall–Kier alpha value is -3.69. The maximum Gasteiger partial charge on any atom is 0.329 e.